The number of anilines is 3. The number of hydrogen-bond acceptors (Lipinski definition) is 9. The topological polar surface area (TPSA) is 148 Å². The number of methoxy groups -OCH3 is 1. The zero-order chi connectivity index (χ0) is 28.6. The Bertz CT molecular complexity index is 1390. The first kappa shape index (κ1) is 28.2. The Hall–Kier alpha value is -4.84. The van der Waals surface area contributed by atoms with Crippen molar-refractivity contribution in [2.45, 2.75) is 25.5 Å². The number of furan rings is 1. The number of amides is 3. The normalized spacial score (nSPS) is 14.3. The summed E-state index contributed by atoms with van der Waals surface area (Å²) in [5, 5.41) is 8.09. The predicted molar refractivity (Wildman–Crippen MR) is 145 cm³/mol. The molecule has 12 nitrogen and oxygen atoms in total. The molecule has 3 amide bonds. The van der Waals surface area contributed by atoms with E-state index in [9.17, 15) is 19.2 Å². The monoisotopic (exact) mass is 550 g/mol. The largest absolute Gasteiger partial charge is 0.472 e. The molecule has 3 N–H and O–H groups in total. The highest BCUT2D eigenvalue weighted by molar-refractivity contribution is 6.11. The number of hydrogen-bond donors (Lipinski definition) is 3. The summed E-state index contributed by atoms with van der Waals surface area (Å²) in [5.41, 5.74) is 2.17. The minimum absolute atomic E-state index is 0.0521. The van der Waals surface area contributed by atoms with Gasteiger partial charge in [-0.1, -0.05) is 6.07 Å². The number of carbonyl (C=O) groups excluding carboxylic acids is 4. The molecule has 0 saturated heterocycles. The van der Waals surface area contributed by atoms with Gasteiger partial charge in [-0.25, -0.2) is 0 Å². The van der Waals surface area contributed by atoms with Crippen LogP contribution in [0, 0.1) is 0 Å². The maximum absolute atomic E-state index is 13.1. The molecule has 3 aromatic rings. The summed E-state index contributed by atoms with van der Waals surface area (Å²) in [6, 6.07) is 10.9. The van der Waals surface area contributed by atoms with Gasteiger partial charge in [-0.2, -0.15) is 0 Å². The summed E-state index contributed by atoms with van der Waals surface area (Å²) in [6.45, 7) is -0.0851. The Morgan fingerprint density at radius 1 is 1.12 bits per heavy atom. The van der Waals surface area contributed by atoms with E-state index in [2.05, 4.69) is 20.7 Å². The number of ether oxygens (including phenoxy) is 3. The van der Waals surface area contributed by atoms with Crippen LogP contribution >= 0.6 is 0 Å². The minimum Gasteiger partial charge on any atom is -0.472 e. The van der Waals surface area contributed by atoms with Gasteiger partial charge in [0.2, 0.25) is 11.8 Å². The Morgan fingerprint density at radius 3 is 2.67 bits per heavy atom. The van der Waals surface area contributed by atoms with E-state index in [1.165, 1.54) is 31.8 Å². The van der Waals surface area contributed by atoms with Crippen molar-refractivity contribution in [1.29, 1.82) is 0 Å². The summed E-state index contributed by atoms with van der Waals surface area (Å²) in [6.07, 6.45) is 3.02. The van der Waals surface area contributed by atoms with Gasteiger partial charge in [-0.15, -0.1) is 0 Å². The number of fused-ring (bicyclic) bond motifs is 1. The lowest BCUT2D eigenvalue weighted by Gasteiger charge is -2.17. The molecule has 1 aliphatic rings. The van der Waals surface area contributed by atoms with Crippen molar-refractivity contribution in [2.75, 3.05) is 43.3 Å². The van der Waals surface area contributed by atoms with E-state index in [0.717, 1.165) is 11.3 Å². The molecule has 210 valence electrons. The summed E-state index contributed by atoms with van der Waals surface area (Å²) in [7, 11) is 5.03. The van der Waals surface area contributed by atoms with Gasteiger partial charge in [0.25, 0.3) is 5.91 Å². The van der Waals surface area contributed by atoms with Gasteiger partial charge in [0.15, 0.2) is 5.75 Å². The van der Waals surface area contributed by atoms with Crippen LogP contribution in [0.5, 0.6) is 11.5 Å². The Balaban J connectivity index is 1.60. The second-order valence-electron chi connectivity index (χ2n) is 9.19. The first-order chi connectivity index (χ1) is 19.2. The van der Waals surface area contributed by atoms with E-state index in [1.807, 2.05) is 31.1 Å². The van der Waals surface area contributed by atoms with E-state index in [-0.39, 0.29) is 48.7 Å². The standard InChI is InChI=1S/C28H30N4O8/c1-32(2)18-5-4-6-19(11-18)40-24-12-20-22(31-28(36)21(30-27(20)35)7-8-26(34)37-3)13-23(24)29-25(33)16-39-15-17-9-10-38-14-17/h4-6,9-14,21H,7-8,15-16H2,1-3H3,(H,29,33)(H,30,35)(H,31,36)/t21-/m1/s1. The maximum Gasteiger partial charge on any atom is 0.305 e. The molecule has 0 radical (unpaired) electrons. The van der Waals surface area contributed by atoms with Crippen LogP contribution in [-0.4, -0.2) is 57.5 Å². The zero-order valence-electron chi connectivity index (χ0n) is 22.3. The molecule has 0 fully saturated rings. The Kier molecular flexibility index (Phi) is 9.02. The fraction of sp³-hybridized carbons (Fsp3) is 0.286. The predicted octanol–water partition coefficient (Wildman–Crippen LogP) is 3.30. The van der Waals surface area contributed by atoms with E-state index < -0.39 is 29.7 Å². The average Bonchev–Trinajstić information content (AvgIpc) is 3.41. The number of esters is 1. The molecule has 12 heteroatoms. The molecular formula is C28H30N4O8. The second kappa shape index (κ2) is 12.8. The number of carbonyl (C=O) groups is 4. The minimum atomic E-state index is -0.963. The highest BCUT2D eigenvalue weighted by Crippen LogP contribution is 2.37. The van der Waals surface area contributed by atoms with Crippen LogP contribution < -0.4 is 25.6 Å². The van der Waals surface area contributed by atoms with Crippen LogP contribution in [0.2, 0.25) is 0 Å². The van der Waals surface area contributed by atoms with Crippen LogP contribution in [0.15, 0.2) is 59.4 Å². The second-order valence-corrected chi connectivity index (χ2v) is 9.19. The molecule has 0 aliphatic carbocycles. The fourth-order valence-corrected chi connectivity index (χ4v) is 3.92. The molecule has 1 aliphatic heterocycles. The summed E-state index contributed by atoms with van der Waals surface area (Å²) in [5.74, 6) is -1.39. The van der Waals surface area contributed by atoms with E-state index >= 15 is 0 Å². The number of benzene rings is 2. The Morgan fingerprint density at radius 2 is 1.95 bits per heavy atom. The van der Waals surface area contributed by atoms with Crippen LogP contribution in [0.4, 0.5) is 17.1 Å². The molecule has 2 heterocycles. The van der Waals surface area contributed by atoms with Crippen molar-refractivity contribution in [2.24, 2.45) is 0 Å². The van der Waals surface area contributed by atoms with E-state index in [0.29, 0.717) is 5.75 Å². The number of rotatable bonds is 11. The molecule has 0 spiro atoms. The molecule has 0 bridgehead atoms. The third-order valence-corrected chi connectivity index (χ3v) is 6.03. The lowest BCUT2D eigenvalue weighted by atomic mass is 10.1. The SMILES string of the molecule is COC(=O)CC[C@H]1NC(=O)c2cc(Oc3cccc(N(C)C)c3)c(NC(=O)COCc3ccoc3)cc2NC1=O. The van der Waals surface area contributed by atoms with Crippen molar-refractivity contribution in [1.82, 2.24) is 5.32 Å². The van der Waals surface area contributed by atoms with Crippen LogP contribution in [-0.2, 0) is 30.5 Å². The number of nitrogens with zero attached hydrogens (tertiary/aromatic N) is 1. The van der Waals surface area contributed by atoms with Gasteiger partial charge in [0, 0.05) is 37.8 Å². The lowest BCUT2D eigenvalue weighted by Crippen LogP contribution is -2.41. The van der Waals surface area contributed by atoms with Crippen molar-refractivity contribution in [3.8, 4) is 11.5 Å². The molecule has 1 atom stereocenters. The van der Waals surface area contributed by atoms with Crippen molar-refractivity contribution in [3.63, 3.8) is 0 Å². The molecule has 0 unspecified atom stereocenters. The lowest BCUT2D eigenvalue weighted by molar-refractivity contribution is -0.140. The van der Waals surface area contributed by atoms with Crippen molar-refractivity contribution < 1.29 is 37.8 Å². The van der Waals surface area contributed by atoms with Gasteiger partial charge in [0.05, 0.1) is 43.2 Å². The van der Waals surface area contributed by atoms with Crippen LogP contribution in [0.3, 0.4) is 0 Å². The highest BCUT2D eigenvalue weighted by Gasteiger charge is 2.30. The zero-order valence-corrected chi connectivity index (χ0v) is 22.3. The van der Waals surface area contributed by atoms with E-state index in [4.69, 9.17) is 13.9 Å². The van der Waals surface area contributed by atoms with Gasteiger partial charge in [-0.3, -0.25) is 19.2 Å². The summed E-state index contributed by atoms with van der Waals surface area (Å²) < 4.78 is 21.2. The fourth-order valence-electron chi connectivity index (χ4n) is 3.92. The summed E-state index contributed by atoms with van der Waals surface area (Å²) >= 11 is 0. The average molecular weight is 551 g/mol. The Labute approximate surface area is 230 Å². The molecule has 40 heavy (non-hydrogen) atoms. The first-order valence-corrected chi connectivity index (χ1v) is 12.4. The van der Waals surface area contributed by atoms with Crippen molar-refractivity contribution in [3.05, 3.63) is 66.1 Å². The third-order valence-electron chi connectivity index (χ3n) is 6.03. The van der Waals surface area contributed by atoms with Gasteiger partial charge < -0.3 is 39.5 Å². The smallest absolute Gasteiger partial charge is 0.305 e. The van der Waals surface area contributed by atoms with Gasteiger partial charge in [0.1, 0.15) is 18.4 Å². The molecule has 1 aromatic heterocycles. The number of nitrogens with one attached hydrogen (secondary N) is 3. The van der Waals surface area contributed by atoms with E-state index in [1.54, 1.807) is 18.2 Å². The quantitative estimate of drug-likeness (QED) is 0.306. The first-order valence-electron chi connectivity index (χ1n) is 12.4. The maximum atomic E-state index is 13.1. The van der Waals surface area contributed by atoms with Gasteiger partial charge >= 0.3 is 5.97 Å². The highest BCUT2D eigenvalue weighted by atomic mass is 16.5. The third kappa shape index (κ3) is 7.17. The summed E-state index contributed by atoms with van der Waals surface area (Å²) in [4.78, 5) is 52.2. The van der Waals surface area contributed by atoms with Crippen LogP contribution in [0.1, 0.15) is 28.8 Å². The van der Waals surface area contributed by atoms with Crippen molar-refractivity contribution >= 4 is 40.8 Å². The van der Waals surface area contributed by atoms with Gasteiger partial charge in [-0.05, 0) is 36.8 Å². The molecule has 4 rings (SSSR count). The molecule has 0 saturated carbocycles. The molecule has 2 aromatic carbocycles. The molecular weight excluding hydrogens is 520 g/mol. The van der Waals surface area contributed by atoms with Crippen LogP contribution in [0.25, 0.3) is 0 Å².